The number of benzene rings is 1. The Morgan fingerprint density at radius 2 is 2.28 bits per heavy atom. The van der Waals surface area contributed by atoms with Gasteiger partial charge in [-0.25, -0.2) is 4.79 Å². The molecule has 1 aromatic carbocycles. The molecule has 1 aliphatic heterocycles. The van der Waals surface area contributed by atoms with E-state index in [9.17, 15) is 4.79 Å². The zero-order valence-corrected chi connectivity index (χ0v) is 10.9. The minimum Gasteiger partial charge on any atom is -0.453 e. The first-order valence-electron chi connectivity index (χ1n) is 6.27. The van der Waals surface area contributed by atoms with Crippen molar-refractivity contribution in [3.63, 3.8) is 0 Å². The third kappa shape index (κ3) is 2.64. The predicted molar refractivity (Wildman–Crippen MR) is 70.5 cm³/mol. The molecule has 1 fully saturated rings. The number of carbonyl (C=O) groups excluding carboxylic acids is 1. The number of hydrogen-bond donors (Lipinski definition) is 1. The van der Waals surface area contributed by atoms with E-state index in [2.05, 4.69) is 31.2 Å². The van der Waals surface area contributed by atoms with Gasteiger partial charge in [0.15, 0.2) is 0 Å². The van der Waals surface area contributed by atoms with Crippen LogP contribution in [-0.4, -0.2) is 37.2 Å². The quantitative estimate of drug-likeness (QED) is 0.825. The van der Waals surface area contributed by atoms with Crippen LogP contribution in [0.4, 0.5) is 4.79 Å². The fourth-order valence-corrected chi connectivity index (χ4v) is 2.59. The van der Waals surface area contributed by atoms with Crippen molar-refractivity contribution in [3.05, 3.63) is 35.4 Å². The van der Waals surface area contributed by atoms with Crippen molar-refractivity contribution >= 4 is 6.09 Å². The number of hydrogen-bond acceptors (Lipinski definition) is 3. The Morgan fingerprint density at radius 3 is 2.89 bits per heavy atom. The Labute approximate surface area is 108 Å². The van der Waals surface area contributed by atoms with E-state index in [1.165, 1.54) is 18.2 Å². The van der Waals surface area contributed by atoms with Gasteiger partial charge in [0.25, 0.3) is 0 Å². The molecular weight excluding hydrogens is 228 g/mol. The summed E-state index contributed by atoms with van der Waals surface area (Å²) in [7, 11) is 1.40. The number of likely N-dealkylation sites (tertiary alicyclic amines) is 1. The van der Waals surface area contributed by atoms with Crippen LogP contribution in [0.25, 0.3) is 0 Å². The predicted octanol–water partition coefficient (Wildman–Crippen LogP) is 1.88. The average molecular weight is 248 g/mol. The zero-order valence-electron chi connectivity index (χ0n) is 10.9. The van der Waals surface area contributed by atoms with E-state index in [0.717, 1.165) is 6.42 Å². The van der Waals surface area contributed by atoms with Crippen molar-refractivity contribution in [3.8, 4) is 0 Å². The van der Waals surface area contributed by atoms with Crippen LogP contribution in [0.1, 0.15) is 23.5 Å². The first kappa shape index (κ1) is 12.9. The Morgan fingerprint density at radius 1 is 1.50 bits per heavy atom. The molecule has 98 valence electrons. The van der Waals surface area contributed by atoms with Crippen LogP contribution in [-0.2, 0) is 4.74 Å². The Hall–Kier alpha value is -1.55. The van der Waals surface area contributed by atoms with Gasteiger partial charge in [0.2, 0.25) is 0 Å². The van der Waals surface area contributed by atoms with E-state index in [1.807, 2.05) is 0 Å². The SMILES string of the molecule is COC(=O)N1CCC(c2cccc(C)c2)C(N)C1. The van der Waals surface area contributed by atoms with Crippen LogP contribution < -0.4 is 5.73 Å². The number of nitrogens with zero attached hydrogens (tertiary/aromatic N) is 1. The molecule has 2 unspecified atom stereocenters. The molecule has 0 aliphatic carbocycles. The van der Waals surface area contributed by atoms with E-state index in [4.69, 9.17) is 10.5 Å². The van der Waals surface area contributed by atoms with Crippen molar-refractivity contribution < 1.29 is 9.53 Å². The van der Waals surface area contributed by atoms with Gasteiger partial charge in [-0.05, 0) is 18.9 Å². The molecule has 2 N–H and O–H groups in total. The number of aryl methyl sites for hydroxylation is 1. The molecule has 0 spiro atoms. The second-order valence-corrected chi connectivity index (χ2v) is 4.89. The summed E-state index contributed by atoms with van der Waals surface area (Å²) in [5.41, 5.74) is 8.71. The summed E-state index contributed by atoms with van der Waals surface area (Å²) in [6, 6.07) is 8.41. The van der Waals surface area contributed by atoms with Gasteiger partial charge in [-0.3, -0.25) is 0 Å². The van der Waals surface area contributed by atoms with Gasteiger partial charge in [-0.1, -0.05) is 29.8 Å². The molecular formula is C14H20N2O2. The molecule has 4 nitrogen and oxygen atoms in total. The number of amides is 1. The van der Waals surface area contributed by atoms with E-state index in [-0.39, 0.29) is 12.1 Å². The van der Waals surface area contributed by atoms with Crippen LogP contribution in [0.5, 0.6) is 0 Å². The molecule has 2 rings (SSSR count). The number of ether oxygens (including phenoxy) is 1. The van der Waals surface area contributed by atoms with Crippen molar-refractivity contribution in [2.24, 2.45) is 5.73 Å². The standard InChI is InChI=1S/C14H20N2O2/c1-10-4-3-5-11(8-10)12-6-7-16(9-13(12)15)14(17)18-2/h3-5,8,12-13H,6-7,9,15H2,1-2H3. The second kappa shape index (κ2) is 5.40. The van der Waals surface area contributed by atoms with Gasteiger partial charge < -0.3 is 15.4 Å². The largest absolute Gasteiger partial charge is 0.453 e. The summed E-state index contributed by atoms with van der Waals surface area (Å²) < 4.78 is 4.73. The molecule has 1 aliphatic rings. The highest BCUT2D eigenvalue weighted by Crippen LogP contribution is 2.28. The lowest BCUT2D eigenvalue weighted by Gasteiger charge is -2.36. The normalized spacial score (nSPS) is 23.8. The smallest absolute Gasteiger partial charge is 0.409 e. The summed E-state index contributed by atoms with van der Waals surface area (Å²) >= 11 is 0. The number of carbonyl (C=O) groups is 1. The second-order valence-electron chi connectivity index (χ2n) is 4.89. The lowest BCUT2D eigenvalue weighted by Crippen LogP contribution is -2.49. The van der Waals surface area contributed by atoms with Crippen molar-refractivity contribution in [2.45, 2.75) is 25.3 Å². The van der Waals surface area contributed by atoms with Gasteiger partial charge >= 0.3 is 6.09 Å². The maximum absolute atomic E-state index is 11.5. The molecule has 1 heterocycles. The summed E-state index contributed by atoms with van der Waals surface area (Å²) in [4.78, 5) is 13.1. The lowest BCUT2D eigenvalue weighted by atomic mass is 9.85. The van der Waals surface area contributed by atoms with E-state index < -0.39 is 0 Å². The molecule has 0 bridgehead atoms. The third-order valence-electron chi connectivity index (χ3n) is 3.56. The molecule has 18 heavy (non-hydrogen) atoms. The summed E-state index contributed by atoms with van der Waals surface area (Å²) in [6.07, 6.45) is 0.604. The van der Waals surface area contributed by atoms with E-state index in [1.54, 1.807) is 4.90 Å². The molecule has 1 aromatic rings. The molecule has 0 aromatic heterocycles. The minimum absolute atomic E-state index is 0.0281. The highest BCUT2D eigenvalue weighted by atomic mass is 16.5. The van der Waals surface area contributed by atoms with Crippen LogP contribution in [0.3, 0.4) is 0 Å². The highest BCUT2D eigenvalue weighted by Gasteiger charge is 2.30. The third-order valence-corrected chi connectivity index (χ3v) is 3.56. The van der Waals surface area contributed by atoms with E-state index in [0.29, 0.717) is 19.0 Å². The monoisotopic (exact) mass is 248 g/mol. The lowest BCUT2D eigenvalue weighted by molar-refractivity contribution is 0.107. The van der Waals surface area contributed by atoms with Gasteiger partial charge in [0, 0.05) is 25.0 Å². The van der Waals surface area contributed by atoms with Crippen molar-refractivity contribution in [1.82, 2.24) is 4.90 Å². The van der Waals surface area contributed by atoms with Crippen molar-refractivity contribution in [2.75, 3.05) is 20.2 Å². The molecule has 2 atom stereocenters. The number of rotatable bonds is 1. The van der Waals surface area contributed by atoms with Crippen LogP contribution in [0, 0.1) is 6.92 Å². The Balaban J connectivity index is 2.08. The number of piperidine rings is 1. The highest BCUT2D eigenvalue weighted by molar-refractivity contribution is 5.67. The Kier molecular flexibility index (Phi) is 3.87. The van der Waals surface area contributed by atoms with Gasteiger partial charge in [0.1, 0.15) is 0 Å². The molecule has 4 heteroatoms. The minimum atomic E-state index is -0.284. The zero-order chi connectivity index (χ0) is 13.1. The molecule has 1 amide bonds. The number of nitrogens with two attached hydrogens (primary N) is 1. The molecule has 0 saturated carbocycles. The first-order chi connectivity index (χ1) is 8.61. The first-order valence-corrected chi connectivity index (χ1v) is 6.27. The number of methoxy groups -OCH3 is 1. The van der Waals surface area contributed by atoms with E-state index >= 15 is 0 Å². The van der Waals surface area contributed by atoms with Crippen LogP contribution >= 0.6 is 0 Å². The van der Waals surface area contributed by atoms with Gasteiger partial charge in [-0.2, -0.15) is 0 Å². The summed E-state index contributed by atoms with van der Waals surface area (Å²) in [5.74, 6) is 0.325. The Bertz CT molecular complexity index is 434. The fraction of sp³-hybridized carbons (Fsp3) is 0.500. The maximum atomic E-state index is 11.5. The summed E-state index contributed by atoms with van der Waals surface area (Å²) in [6.45, 7) is 3.35. The molecule has 1 saturated heterocycles. The van der Waals surface area contributed by atoms with Gasteiger partial charge in [-0.15, -0.1) is 0 Å². The summed E-state index contributed by atoms with van der Waals surface area (Å²) in [5, 5.41) is 0. The van der Waals surface area contributed by atoms with Crippen LogP contribution in [0.15, 0.2) is 24.3 Å². The van der Waals surface area contributed by atoms with Crippen LogP contribution in [0.2, 0.25) is 0 Å². The van der Waals surface area contributed by atoms with Crippen molar-refractivity contribution in [1.29, 1.82) is 0 Å². The van der Waals surface area contributed by atoms with Gasteiger partial charge in [0.05, 0.1) is 7.11 Å². The molecule has 0 radical (unpaired) electrons. The fourth-order valence-electron chi connectivity index (χ4n) is 2.59. The average Bonchev–Trinajstić information content (AvgIpc) is 2.37. The maximum Gasteiger partial charge on any atom is 0.409 e. The topological polar surface area (TPSA) is 55.6 Å².